The highest BCUT2D eigenvalue weighted by Crippen LogP contribution is 2.31. The summed E-state index contributed by atoms with van der Waals surface area (Å²) in [6, 6.07) is 12.4. The van der Waals surface area contributed by atoms with Gasteiger partial charge in [0.25, 0.3) is 0 Å². The molecule has 0 saturated heterocycles. The summed E-state index contributed by atoms with van der Waals surface area (Å²) in [5, 5.41) is 12.2. The summed E-state index contributed by atoms with van der Waals surface area (Å²) in [6.07, 6.45) is 4.08. The van der Waals surface area contributed by atoms with Gasteiger partial charge in [-0.25, -0.2) is 0 Å². The Morgan fingerprint density at radius 2 is 1.68 bits per heavy atom. The highest BCUT2D eigenvalue weighted by atomic mass is 16.5. The molecule has 2 rings (SSSR count). The average Bonchev–Trinajstić information content (AvgIpc) is 2.79. The number of hydrogen-bond acceptors (Lipinski definition) is 5. The summed E-state index contributed by atoms with van der Waals surface area (Å²) in [5.41, 5.74) is 1.78. The van der Waals surface area contributed by atoms with Crippen LogP contribution in [0.3, 0.4) is 0 Å². The summed E-state index contributed by atoms with van der Waals surface area (Å²) in [7, 11) is 3.08. The Morgan fingerprint density at radius 1 is 0.968 bits per heavy atom. The molecule has 2 amide bonds. The molecule has 0 aliphatic carbocycles. The first-order valence-electron chi connectivity index (χ1n) is 10.6. The van der Waals surface area contributed by atoms with Crippen LogP contribution in [0.5, 0.6) is 17.2 Å². The lowest BCUT2D eigenvalue weighted by atomic mass is 10.1. The minimum absolute atomic E-state index is 0.0460. The summed E-state index contributed by atoms with van der Waals surface area (Å²) in [6.45, 7) is 2.28. The number of ether oxygens (including phenoxy) is 2. The molecule has 0 fully saturated rings. The molecule has 0 heterocycles. The SMILES string of the molecule is CCC(=O)N(CC(=O)NCCCCCc1ccc(O)cc1)c1ccc(OC)c(OC)c1. The number of phenolic OH excluding ortho intramolecular Hbond substituents is 1. The number of amides is 2. The van der Waals surface area contributed by atoms with Crippen LogP contribution in [0.4, 0.5) is 5.69 Å². The lowest BCUT2D eigenvalue weighted by Gasteiger charge is -2.23. The number of aromatic hydroxyl groups is 1. The van der Waals surface area contributed by atoms with E-state index in [1.165, 1.54) is 17.6 Å². The van der Waals surface area contributed by atoms with Crippen LogP contribution in [0, 0.1) is 0 Å². The monoisotopic (exact) mass is 428 g/mol. The summed E-state index contributed by atoms with van der Waals surface area (Å²) in [5.74, 6) is 0.997. The Morgan fingerprint density at radius 3 is 2.32 bits per heavy atom. The molecule has 31 heavy (non-hydrogen) atoms. The number of rotatable bonds is 12. The number of aryl methyl sites for hydroxylation is 1. The number of unbranched alkanes of at least 4 members (excludes halogenated alkanes) is 2. The van der Waals surface area contributed by atoms with Crippen LogP contribution in [0.1, 0.15) is 38.2 Å². The number of carbonyl (C=O) groups excluding carboxylic acids is 2. The zero-order valence-corrected chi connectivity index (χ0v) is 18.5. The second-order valence-corrected chi connectivity index (χ2v) is 7.20. The standard InChI is InChI=1S/C24H32N2O5/c1-4-24(29)26(19-11-14-21(30-2)22(16-19)31-3)17-23(28)25-15-7-5-6-8-18-9-12-20(27)13-10-18/h9-14,16,27H,4-8,15,17H2,1-3H3,(H,25,28). The predicted octanol–water partition coefficient (Wildman–Crippen LogP) is 3.68. The molecule has 0 spiro atoms. The van der Waals surface area contributed by atoms with Gasteiger partial charge in [-0.1, -0.05) is 25.5 Å². The van der Waals surface area contributed by atoms with E-state index in [0.717, 1.165) is 25.7 Å². The van der Waals surface area contributed by atoms with Crippen LogP contribution < -0.4 is 19.7 Å². The number of methoxy groups -OCH3 is 2. The van der Waals surface area contributed by atoms with Crippen molar-refractivity contribution >= 4 is 17.5 Å². The van der Waals surface area contributed by atoms with Crippen molar-refractivity contribution in [2.45, 2.75) is 39.0 Å². The summed E-state index contributed by atoms with van der Waals surface area (Å²) >= 11 is 0. The number of nitrogens with zero attached hydrogens (tertiary/aromatic N) is 1. The van der Waals surface area contributed by atoms with Gasteiger partial charge >= 0.3 is 0 Å². The topological polar surface area (TPSA) is 88.1 Å². The molecule has 7 heteroatoms. The van der Waals surface area contributed by atoms with Crippen LogP contribution in [0.15, 0.2) is 42.5 Å². The molecule has 0 radical (unpaired) electrons. The average molecular weight is 429 g/mol. The third kappa shape index (κ3) is 7.51. The van der Waals surface area contributed by atoms with Gasteiger partial charge < -0.3 is 24.8 Å². The first-order valence-corrected chi connectivity index (χ1v) is 10.6. The second-order valence-electron chi connectivity index (χ2n) is 7.20. The van der Waals surface area contributed by atoms with Crippen LogP contribution >= 0.6 is 0 Å². The van der Waals surface area contributed by atoms with Crippen molar-refractivity contribution in [3.63, 3.8) is 0 Å². The van der Waals surface area contributed by atoms with E-state index in [-0.39, 0.29) is 24.1 Å². The van der Waals surface area contributed by atoms with E-state index < -0.39 is 0 Å². The molecule has 0 aliphatic rings. The number of phenols is 1. The smallest absolute Gasteiger partial charge is 0.240 e. The van der Waals surface area contributed by atoms with Crippen molar-refractivity contribution in [2.75, 3.05) is 32.2 Å². The summed E-state index contributed by atoms with van der Waals surface area (Å²) in [4.78, 5) is 26.3. The Balaban J connectivity index is 1.81. The van der Waals surface area contributed by atoms with Gasteiger partial charge in [-0.15, -0.1) is 0 Å². The highest BCUT2D eigenvalue weighted by molar-refractivity contribution is 5.98. The molecule has 0 unspecified atom stereocenters. The lowest BCUT2D eigenvalue weighted by Crippen LogP contribution is -2.41. The number of benzene rings is 2. The number of anilines is 1. The van der Waals surface area contributed by atoms with Crippen molar-refractivity contribution in [2.24, 2.45) is 0 Å². The highest BCUT2D eigenvalue weighted by Gasteiger charge is 2.19. The first kappa shape index (κ1) is 24.1. The van der Waals surface area contributed by atoms with Gasteiger partial charge in [0.1, 0.15) is 12.3 Å². The lowest BCUT2D eigenvalue weighted by molar-refractivity contribution is -0.123. The van der Waals surface area contributed by atoms with Gasteiger partial charge in [0.15, 0.2) is 11.5 Å². The molecular weight excluding hydrogens is 396 g/mol. The molecule has 168 valence electrons. The van der Waals surface area contributed by atoms with E-state index >= 15 is 0 Å². The van der Waals surface area contributed by atoms with Crippen molar-refractivity contribution in [3.05, 3.63) is 48.0 Å². The molecule has 0 bridgehead atoms. The maximum Gasteiger partial charge on any atom is 0.240 e. The fourth-order valence-corrected chi connectivity index (χ4v) is 3.23. The number of hydrogen-bond donors (Lipinski definition) is 2. The largest absolute Gasteiger partial charge is 0.508 e. The van der Waals surface area contributed by atoms with Crippen LogP contribution in [-0.2, 0) is 16.0 Å². The van der Waals surface area contributed by atoms with Crippen LogP contribution in [0.2, 0.25) is 0 Å². The van der Waals surface area contributed by atoms with Gasteiger partial charge in [-0.2, -0.15) is 0 Å². The van der Waals surface area contributed by atoms with Crippen molar-refractivity contribution in [3.8, 4) is 17.2 Å². The molecular formula is C24H32N2O5. The zero-order chi connectivity index (χ0) is 22.6. The quantitative estimate of drug-likeness (QED) is 0.504. The van der Waals surface area contributed by atoms with Gasteiger partial charge in [0.2, 0.25) is 11.8 Å². The van der Waals surface area contributed by atoms with E-state index in [2.05, 4.69) is 5.32 Å². The minimum atomic E-state index is -0.199. The fraction of sp³-hybridized carbons (Fsp3) is 0.417. The molecule has 7 nitrogen and oxygen atoms in total. The van der Waals surface area contributed by atoms with Gasteiger partial charge in [0.05, 0.1) is 14.2 Å². The molecule has 0 atom stereocenters. The van der Waals surface area contributed by atoms with E-state index in [0.29, 0.717) is 30.2 Å². The Bertz CT molecular complexity index is 852. The maximum absolute atomic E-state index is 12.4. The predicted molar refractivity (Wildman–Crippen MR) is 121 cm³/mol. The number of nitrogens with one attached hydrogen (secondary N) is 1. The Labute approximate surface area is 184 Å². The molecule has 0 saturated carbocycles. The minimum Gasteiger partial charge on any atom is -0.508 e. The van der Waals surface area contributed by atoms with E-state index in [9.17, 15) is 14.7 Å². The van der Waals surface area contributed by atoms with E-state index in [1.807, 2.05) is 12.1 Å². The number of carbonyl (C=O) groups is 2. The molecule has 2 N–H and O–H groups in total. The second kappa shape index (κ2) is 12.5. The Hall–Kier alpha value is -3.22. The third-order valence-electron chi connectivity index (χ3n) is 4.98. The van der Waals surface area contributed by atoms with Crippen molar-refractivity contribution in [1.29, 1.82) is 0 Å². The zero-order valence-electron chi connectivity index (χ0n) is 18.5. The molecule has 2 aromatic carbocycles. The maximum atomic E-state index is 12.4. The third-order valence-corrected chi connectivity index (χ3v) is 4.98. The normalized spacial score (nSPS) is 10.4. The van der Waals surface area contributed by atoms with Crippen molar-refractivity contribution < 1.29 is 24.2 Å². The van der Waals surface area contributed by atoms with Gasteiger partial charge in [0, 0.05) is 24.7 Å². The van der Waals surface area contributed by atoms with E-state index in [4.69, 9.17) is 9.47 Å². The molecule has 2 aromatic rings. The van der Waals surface area contributed by atoms with Crippen LogP contribution in [-0.4, -0.2) is 44.2 Å². The molecule has 0 aliphatic heterocycles. The van der Waals surface area contributed by atoms with E-state index in [1.54, 1.807) is 44.4 Å². The molecule has 0 aromatic heterocycles. The van der Waals surface area contributed by atoms with Crippen LogP contribution in [0.25, 0.3) is 0 Å². The van der Waals surface area contributed by atoms with Crippen molar-refractivity contribution in [1.82, 2.24) is 5.32 Å². The van der Waals surface area contributed by atoms with Gasteiger partial charge in [-0.3, -0.25) is 9.59 Å². The Kier molecular flexibility index (Phi) is 9.68. The first-order chi connectivity index (χ1) is 15.0. The van der Waals surface area contributed by atoms with Gasteiger partial charge in [-0.05, 0) is 49.1 Å². The fourth-order valence-electron chi connectivity index (χ4n) is 3.23. The summed E-state index contributed by atoms with van der Waals surface area (Å²) < 4.78 is 10.5.